The van der Waals surface area contributed by atoms with Crippen molar-refractivity contribution in [2.24, 2.45) is 11.7 Å². The molecule has 2 rings (SSSR count). The van der Waals surface area contributed by atoms with Crippen LogP contribution in [0.2, 0.25) is 0 Å². The minimum absolute atomic E-state index is 0.0601. The first-order valence-electron chi connectivity index (χ1n) is 7.54. The van der Waals surface area contributed by atoms with E-state index in [1.54, 1.807) is 0 Å². The highest BCUT2D eigenvalue weighted by Crippen LogP contribution is 2.14. The third kappa shape index (κ3) is 5.36. The summed E-state index contributed by atoms with van der Waals surface area (Å²) in [7, 11) is 2.13. The molecule has 0 bridgehead atoms. The Morgan fingerprint density at radius 3 is 2.86 bits per heavy atom. The van der Waals surface area contributed by atoms with E-state index < -0.39 is 0 Å². The second-order valence-electron chi connectivity index (χ2n) is 5.71. The summed E-state index contributed by atoms with van der Waals surface area (Å²) in [6.45, 7) is 3.52. The number of piperidine rings is 1. The maximum atomic E-state index is 11.8. The van der Waals surface area contributed by atoms with E-state index >= 15 is 0 Å². The summed E-state index contributed by atoms with van der Waals surface area (Å²) in [6, 6.07) is 7.49. The van der Waals surface area contributed by atoms with Gasteiger partial charge in [0.1, 0.15) is 5.75 Å². The normalized spacial score (nSPS) is 19.2. The molecular weight excluding hydrogens is 266 g/mol. The molecule has 0 aromatic heterocycles. The van der Waals surface area contributed by atoms with Gasteiger partial charge in [-0.3, -0.25) is 4.79 Å². The number of hydrogen-bond acceptors (Lipinski definition) is 4. The molecule has 1 aliphatic heterocycles. The number of amides is 1. The van der Waals surface area contributed by atoms with Gasteiger partial charge < -0.3 is 20.7 Å². The van der Waals surface area contributed by atoms with Crippen LogP contribution in [0.25, 0.3) is 0 Å². The topological polar surface area (TPSA) is 67.6 Å². The predicted octanol–water partition coefficient (Wildman–Crippen LogP) is 0.982. The zero-order valence-electron chi connectivity index (χ0n) is 12.7. The highest BCUT2D eigenvalue weighted by Gasteiger charge is 2.17. The fourth-order valence-corrected chi connectivity index (χ4v) is 2.62. The fourth-order valence-electron chi connectivity index (χ4n) is 2.62. The summed E-state index contributed by atoms with van der Waals surface area (Å²) >= 11 is 0. The Labute approximate surface area is 126 Å². The number of nitrogens with one attached hydrogen (secondary N) is 1. The van der Waals surface area contributed by atoms with Crippen molar-refractivity contribution in [1.82, 2.24) is 10.2 Å². The number of nitrogens with zero attached hydrogens (tertiary/aromatic N) is 1. The Bertz CT molecular complexity index is 447. The fraction of sp³-hybridized carbons (Fsp3) is 0.562. The van der Waals surface area contributed by atoms with E-state index in [-0.39, 0.29) is 12.5 Å². The van der Waals surface area contributed by atoms with Crippen LogP contribution in [-0.4, -0.2) is 44.1 Å². The molecule has 0 saturated carbocycles. The van der Waals surface area contributed by atoms with Crippen LogP contribution in [0.5, 0.6) is 5.75 Å². The lowest BCUT2D eigenvalue weighted by atomic mass is 9.98. The van der Waals surface area contributed by atoms with Crippen LogP contribution < -0.4 is 15.8 Å². The first-order chi connectivity index (χ1) is 10.2. The third-order valence-electron chi connectivity index (χ3n) is 3.84. The first-order valence-corrected chi connectivity index (χ1v) is 7.54. The van der Waals surface area contributed by atoms with Gasteiger partial charge in [0.05, 0.1) is 0 Å². The largest absolute Gasteiger partial charge is 0.484 e. The van der Waals surface area contributed by atoms with Crippen LogP contribution in [0.15, 0.2) is 24.3 Å². The van der Waals surface area contributed by atoms with Gasteiger partial charge in [0.15, 0.2) is 6.61 Å². The molecule has 1 heterocycles. The first kappa shape index (κ1) is 15.8. The number of nitrogens with two attached hydrogens (primary N) is 1. The van der Waals surface area contributed by atoms with Crippen LogP contribution in [0, 0.1) is 5.92 Å². The Hall–Kier alpha value is -1.59. The zero-order valence-corrected chi connectivity index (χ0v) is 12.7. The number of hydrogen-bond donors (Lipinski definition) is 2. The average molecular weight is 291 g/mol. The number of benzene rings is 1. The van der Waals surface area contributed by atoms with Crippen molar-refractivity contribution in [3.8, 4) is 5.75 Å². The van der Waals surface area contributed by atoms with Gasteiger partial charge in [-0.15, -0.1) is 0 Å². The van der Waals surface area contributed by atoms with E-state index in [0.717, 1.165) is 25.2 Å². The Morgan fingerprint density at radius 2 is 2.19 bits per heavy atom. The number of ether oxygens (including phenoxy) is 1. The maximum Gasteiger partial charge on any atom is 0.257 e. The molecule has 1 fully saturated rings. The molecule has 0 spiro atoms. The number of carbonyl (C=O) groups is 1. The summed E-state index contributed by atoms with van der Waals surface area (Å²) in [5.41, 5.74) is 6.58. The second-order valence-corrected chi connectivity index (χ2v) is 5.71. The van der Waals surface area contributed by atoms with E-state index in [1.807, 2.05) is 24.3 Å². The van der Waals surface area contributed by atoms with Gasteiger partial charge in [-0.05, 0) is 50.0 Å². The molecule has 3 N–H and O–H groups in total. The Morgan fingerprint density at radius 1 is 1.43 bits per heavy atom. The molecule has 1 atom stereocenters. The van der Waals surface area contributed by atoms with Gasteiger partial charge >= 0.3 is 0 Å². The Kier molecular flexibility index (Phi) is 6.02. The van der Waals surface area contributed by atoms with Gasteiger partial charge in [-0.2, -0.15) is 0 Å². The van der Waals surface area contributed by atoms with Crippen molar-refractivity contribution in [2.45, 2.75) is 19.4 Å². The van der Waals surface area contributed by atoms with Crippen molar-refractivity contribution in [2.75, 3.05) is 33.3 Å². The molecule has 5 nitrogen and oxygen atoms in total. The molecule has 0 aliphatic carbocycles. The van der Waals surface area contributed by atoms with Crippen LogP contribution in [0.4, 0.5) is 0 Å². The summed E-state index contributed by atoms with van der Waals surface area (Å²) in [5.74, 6) is 1.18. The van der Waals surface area contributed by atoms with Crippen LogP contribution in [-0.2, 0) is 11.3 Å². The lowest BCUT2D eigenvalue weighted by Crippen LogP contribution is -2.40. The summed E-state index contributed by atoms with van der Waals surface area (Å²) < 4.78 is 5.47. The van der Waals surface area contributed by atoms with E-state index in [4.69, 9.17) is 10.5 Å². The van der Waals surface area contributed by atoms with Crippen LogP contribution in [0.3, 0.4) is 0 Å². The van der Waals surface area contributed by atoms with Gasteiger partial charge in [0, 0.05) is 19.6 Å². The van der Waals surface area contributed by atoms with Crippen molar-refractivity contribution >= 4 is 5.91 Å². The minimum Gasteiger partial charge on any atom is -0.484 e. The van der Waals surface area contributed by atoms with Crippen LogP contribution >= 0.6 is 0 Å². The standard InChI is InChI=1S/C16H25N3O2/c1-19-8-2-3-14(11-19)10-18-16(20)12-21-15-6-4-13(9-17)5-7-15/h4-7,14H,2-3,8-12,17H2,1H3,(H,18,20). The highest BCUT2D eigenvalue weighted by molar-refractivity contribution is 5.77. The molecule has 1 aliphatic rings. The molecule has 0 radical (unpaired) electrons. The zero-order chi connectivity index (χ0) is 15.1. The quantitative estimate of drug-likeness (QED) is 0.820. The molecule has 21 heavy (non-hydrogen) atoms. The molecule has 5 heteroatoms. The Balaban J connectivity index is 1.67. The number of rotatable bonds is 6. The van der Waals surface area contributed by atoms with Crippen molar-refractivity contribution in [1.29, 1.82) is 0 Å². The van der Waals surface area contributed by atoms with Crippen molar-refractivity contribution < 1.29 is 9.53 Å². The van der Waals surface area contributed by atoms with Crippen molar-refractivity contribution in [3.63, 3.8) is 0 Å². The molecule has 116 valence electrons. The minimum atomic E-state index is -0.0638. The maximum absolute atomic E-state index is 11.8. The van der Waals surface area contributed by atoms with E-state index in [9.17, 15) is 4.79 Å². The van der Waals surface area contributed by atoms with Gasteiger partial charge in [-0.25, -0.2) is 0 Å². The lowest BCUT2D eigenvalue weighted by Gasteiger charge is -2.29. The number of carbonyl (C=O) groups excluding carboxylic acids is 1. The molecule has 1 unspecified atom stereocenters. The summed E-state index contributed by atoms with van der Waals surface area (Å²) in [5, 5.41) is 2.96. The number of likely N-dealkylation sites (tertiary alicyclic amines) is 1. The van der Waals surface area contributed by atoms with E-state index in [0.29, 0.717) is 18.2 Å². The summed E-state index contributed by atoms with van der Waals surface area (Å²) in [6.07, 6.45) is 2.40. The lowest BCUT2D eigenvalue weighted by molar-refractivity contribution is -0.123. The molecule has 1 saturated heterocycles. The van der Waals surface area contributed by atoms with Gasteiger partial charge in [0.2, 0.25) is 0 Å². The second kappa shape index (κ2) is 8.00. The molecule has 1 amide bonds. The highest BCUT2D eigenvalue weighted by atomic mass is 16.5. The van der Waals surface area contributed by atoms with E-state index in [1.165, 1.54) is 12.8 Å². The molecule has 1 aromatic carbocycles. The van der Waals surface area contributed by atoms with Gasteiger partial charge in [0.25, 0.3) is 5.91 Å². The summed E-state index contributed by atoms with van der Waals surface area (Å²) in [4.78, 5) is 14.1. The third-order valence-corrected chi connectivity index (χ3v) is 3.84. The van der Waals surface area contributed by atoms with E-state index in [2.05, 4.69) is 17.3 Å². The molecule has 1 aromatic rings. The van der Waals surface area contributed by atoms with Gasteiger partial charge in [-0.1, -0.05) is 12.1 Å². The van der Waals surface area contributed by atoms with Crippen LogP contribution in [0.1, 0.15) is 18.4 Å². The smallest absolute Gasteiger partial charge is 0.257 e. The SMILES string of the molecule is CN1CCCC(CNC(=O)COc2ccc(CN)cc2)C1. The predicted molar refractivity (Wildman–Crippen MR) is 83.1 cm³/mol. The molecular formula is C16H25N3O2. The van der Waals surface area contributed by atoms with Crippen molar-refractivity contribution in [3.05, 3.63) is 29.8 Å². The monoisotopic (exact) mass is 291 g/mol. The average Bonchev–Trinajstić information content (AvgIpc) is 2.51.